The van der Waals surface area contributed by atoms with E-state index in [1.165, 1.54) is 19.3 Å². The zero-order chi connectivity index (χ0) is 36.7. The average molecular weight is 736 g/mol. The zero-order valence-corrected chi connectivity index (χ0v) is 31.9. The Morgan fingerprint density at radius 3 is 2.51 bits per heavy atom. The van der Waals surface area contributed by atoms with Crippen molar-refractivity contribution in [3.63, 3.8) is 0 Å². The van der Waals surface area contributed by atoms with Crippen LogP contribution < -0.4 is 20.3 Å². The van der Waals surface area contributed by atoms with Gasteiger partial charge in [0.05, 0.1) is 23.6 Å². The lowest BCUT2D eigenvalue weighted by Gasteiger charge is -2.33. The van der Waals surface area contributed by atoms with Gasteiger partial charge < -0.3 is 15.0 Å². The normalized spacial score (nSPS) is 20.8. The van der Waals surface area contributed by atoms with Gasteiger partial charge in [0.15, 0.2) is 5.65 Å². The number of anilines is 2. The van der Waals surface area contributed by atoms with E-state index >= 15 is 0 Å². The number of fused-ring (bicyclic) bond motifs is 2. The van der Waals surface area contributed by atoms with Crippen LogP contribution in [0.15, 0.2) is 66.9 Å². The number of nitrogens with one attached hydrogen (secondary N) is 2. The number of pyridine rings is 1. The largest absolute Gasteiger partial charge is 0.484 e. The van der Waals surface area contributed by atoms with Gasteiger partial charge in [0.2, 0.25) is 5.95 Å². The summed E-state index contributed by atoms with van der Waals surface area (Å²) < 4.78 is 10.6. The van der Waals surface area contributed by atoms with Crippen molar-refractivity contribution in [2.45, 2.75) is 103 Å². The molecule has 2 amide bonds. The molecule has 0 spiro atoms. The summed E-state index contributed by atoms with van der Waals surface area (Å²) in [7, 11) is 0. The minimum Gasteiger partial charge on any atom is -0.484 e. The minimum absolute atomic E-state index is 0.158. The van der Waals surface area contributed by atoms with E-state index in [0.717, 1.165) is 102 Å². The van der Waals surface area contributed by atoms with Crippen molar-refractivity contribution in [2.75, 3.05) is 29.9 Å². The lowest BCUT2D eigenvalue weighted by molar-refractivity contribution is 0.171. The number of aromatic nitrogens is 5. The minimum atomic E-state index is -0.283. The van der Waals surface area contributed by atoms with Crippen LogP contribution >= 0.6 is 11.6 Å². The molecule has 2 fully saturated rings. The molecule has 0 saturated carbocycles. The molecule has 5 heterocycles. The molecule has 11 nitrogen and oxygen atoms in total. The van der Waals surface area contributed by atoms with Gasteiger partial charge in [-0.1, -0.05) is 56.6 Å². The molecule has 3 aromatic heterocycles. The third kappa shape index (κ3) is 7.46. The Morgan fingerprint density at radius 1 is 0.925 bits per heavy atom. The lowest BCUT2D eigenvalue weighted by atomic mass is 9.85. The van der Waals surface area contributed by atoms with Crippen LogP contribution in [0.3, 0.4) is 0 Å². The summed E-state index contributed by atoms with van der Waals surface area (Å²) in [5, 5.41) is 21.1. The van der Waals surface area contributed by atoms with E-state index < -0.39 is 0 Å². The summed E-state index contributed by atoms with van der Waals surface area (Å²) in [4.78, 5) is 18.6. The molecule has 0 radical (unpaired) electrons. The van der Waals surface area contributed by atoms with E-state index in [9.17, 15) is 4.79 Å². The van der Waals surface area contributed by atoms with E-state index in [2.05, 4.69) is 80.9 Å². The van der Waals surface area contributed by atoms with Gasteiger partial charge in [-0.3, -0.25) is 14.6 Å². The zero-order valence-electron chi connectivity index (χ0n) is 31.2. The summed E-state index contributed by atoms with van der Waals surface area (Å²) in [5.41, 5.74) is 5.52. The number of urea groups is 1. The predicted molar refractivity (Wildman–Crippen MR) is 209 cm³/mol. The van der Waals surface area contributed by atoms with Crippen molar-refractivity contribution in [1.29, 1.82) is 0 Å². The molecule has 278 valence electrons. The quantitative estimate of drug-likeness (QED) is 0.164. The van der Waals surface area contributed by atoms with Crippen LogP contribution in [0.1, 0.15) is 107 Å². The summed E-state index contributed by atoms with van der Waals surface area (Å²) in [5.74, 6) is 2.24. The fraction of sp³-hybridized carbons (Fsp3) is 0.463. The van der Waals surface area contributed by atoms with Gasteiger partial charge in [0.1, 0.15) is 17.7 Å². The maximum Gasteiger partial charge on any atom is 0.320 e. The van der Waals surface area contributed by atoms with Crippen molar-refractivity contribution in [3.8, 4) is 11.4 Å². The molecule has 1 unspecified atom stereocenters. The lowest BCUT2D eigenvalue weighted by Crippen LogP contribution is -2.38. The Morgan fingerprint density at radius 2 is 1.72 bits per heavy atom. The van der Waals surface area contributed by atoms with Gasteiger partial charge in [-0.05, 0) is 112 Å². The molecule has 5 aromatic rings. The molecule has 2 aliphatic heterocycles. The van der Waals surface area contributed by atoms with Gasteiger partial charge in [-0.25, -0.2) is 9.48 Å². The Kier molecular flexibility index (Phi) is 9.80. The summed E-state index contributed by atoms with van der Waals surface area (Å²) in [6.45, 7) is 12.6. The standard InChI is InChI=1S/C41H50ClN9O2/c1-27-11-7-8-22-49(27)40-46-45-37-19-15-30(26-50(37)40)53-35-18-17-34(31-12-5-6-13-32(31)35)43-39(52)44-38-24-36(41(2,3)4)47-51(38)29-14-16-33(42)28(23-29)25-48-20-9-10-21-48/h5-6,12-16,19,23-24,26-27,34-35H,7-11,17-18,20-22,25H2,1-4H3,(H2,43,44,52)/t27?,34-,35+/m0/s1. The van der Waals surface area contributed by atoms with Crippen molar-refractivity contribution in [1.82, 2.24) is 34.6 Å². The third-order valence-corrected chi connectivity index (χ3v) is 11.4. The number of likely N-dealkylation sites (tertiary alicyclic amines) is 1. The Labute approximate surface area is 316 Å². The average Bonchev–Trinajstić information content (AvgIpc) is 3.91. The fourth-order valence-electron chi connectivity index (χ4n) is 8.05. The molecule has 8 rings (SSSR count). The van der Waals surface area contributed by atoms with Gasteiger partial charge in [0, 0.05) is 35.6 Å². The molecular formula is C41H50ClN9O2. The number of ether oxygens (including phenoxy) is 1. The molecule has 2 aromatic carbocycles. The van der Waals surface area contributed by atoms with Crippen LogP contribution in [0.25, 0.3) is 11.3 Å². The van der Waals surface area contributed by atoms with E-state index in [1.807, 2.05) is 53.3 Å². The highest BCUT2D eigenvalue weighted by molar-refractivity contribution is 6.31. The second-order valence-corrected chi connectivity index (χ2v) is 16.3. The molecule has 3 atom stereocenters. The highest BCUT2D eigenvalue weighted by Crippen LogP contribution is 2.39. The molecule has 3 aliphatic rings. The number of carbonyl (C=O) groups is 1. The van der Waals surface area contributed by atoms with Gasteiger partial charge in [-0.15, -0.1) is 10.2 Å². The number of hydrogen-bond donors (Lipinski definition) is 2. The maximum atomic E-state index is 13.8. The van der Waals surface area contributed by atoms with Crippen LogP contribution in [0.2, 0.25) is 5.02 Å². The second kappa shape index (κ2) is 14.7. The van der Waals surface area contributed by atoms with Gasteiger partial charge in [-0.2, -0.15) is 5.10 Å². The smallest absolute Gasteiger partial charge is 0.320 e. The molecule has 12 heteroatoms. The SMILES string of the molecule is CC1CCCCN1c1nnc2ccc(O[C@@H]3CC[C@H](NC(=O)Nc4cc(C(C)(C)C)nn4-c4ccc(Cl)c(CN5CCCC5)c4)c4ccccc43)cn12. The first kappa shape index (κ1) is 35.4. The van der Waals surface area contributed by atoms with Gasteiger partial charge >= 0.3 is 6.03 Å². The highest BCUT2D eigenvalue weighted by atomic mass is 35.5. The Balaban J connectivity index is 0.998. The molecule has 2 saturated heterocycles. The summed E-state index contributed by atoms with van der Waals surface area (Å²) >= 11 is 6.68. The van der Waals surface area contributed by atoms with Crippen LogP contribution in [0.5, 0.6) is 5.75 Å². The summed E-state index contributed by atoms with van der Waals surface area (Å²) in [6, 6.07) is 20.1. The Bertz CT molecular complexity index is 2100. The number of hydrogen-bond acceptors (Lipinski definition) is 7. The maximum absolute atomic E-state index is 13.8. The van der Waals surface area contributed by atoms with Crippen LogP contribution in [0.4, 0.5) is 16.6 Å². The second-order valence-electron chi connectivity index (χ2n) is 15.9. The topological polar surface area (TPSA) is 105 Å². The van der Waals surface area contributed by atoms with Crippen molar-refractivity contribution < 1.29 is 9.53 Å². The number of carbonyl (C=O) groups excluding carboxylic acids is 1. The van der Waals surface area contributed by atoms with E-state index in [-0.39, 0.29) is 23.6 Å². The van der Waals surface area contributed by atoms with Crippen LogP contribution in [-0.4, -0.2) is 61.0 Å². The molecule has 0 bridgehead atoms. The number of amides is 2. The first-order valence-corrected chi connectivity index (χ1v) is 19.5. The van der Waals surface area contributed by atoms with Crippen LogP contribution in [-0.2, 0) is 12.0 Å². The predicted octanol–water partition coefficient (Wildman–Crippen LogP) is 8.62. The van der Waals surface area contributed by atoms with E-state index in [4.69, 9.17) is 21.4 Å². The number of nitrogens with zero attached hydrogens (tertiary/aromatic N) is 7. The number of benzene rings is 2. The number of rotatable bonds is 8. The van der Waals surface area contributed by atoms with E-state index in [1.54, 1.807) is 0 Å². The first-order valence-electron chi connectivity index (χ1n) is 19.2. The van der Waals surface area contributed by atoms with Crippen LogP contribution in [0, 0.1) is 0 Å². The first-order chi connectivity index (χ1) is 25.6. The molecular weight excluding hydrogens is 686 g/mol. The Hall–Kier alpha value is -4.61. The molecule has 1 aliphatic carbocycles. The van der Waals surface area contributed by atoms with Crippen molar-refractivity contribution in [3.05, 3.63) is 94.3 Å². The molecule has 2 N–H and O–H groups in total. The van der Waals surface area contributed by atoms with E-state index in [0.29, 0.717) is 11.9 Å². The third-order valence-electron chi connectivity index (χ3n) is 11.0. The highest BCUT2D eigenvalue weighted by Gasteiger charge is 2.31. The van der Waals surface area contributed by atoms with Crippen molar-refractivity contribution in [2.24, 2.45) is 0 Å². The van der Waals surface area contributed by atoms with Gasteiger partial charge in [0.25, 0.3) is 0 Å². The van der Waals surface area contributed by atoms with Crippen molar-refractivity contribution >= 4 is 35.0 Å². The summed E-state index contributed by atoms with van der Waals surface area (Å²) in [6.07, 6.45) is 9.31. The number of halogens is 1. The molecule has 53 heavy (non-hydrogen) atoms. The number of piperidine rings is 1. The monoisotopic (exact) mass is 735 g/mol. The fourth-order valence-corrected chi connectivity index (χ4v) is 8.22.